The number of benzene rings is 3. The number of hydrogen-bond acceptors (Lipinski definition) is 4. The quantitative estimate of drug-likeness (QED) is 0.275. The number of halogens is 2. The molecule has 180 valence electrons. The van der Waals surface area contributed by atoms with E-state index in [1.54, 1.807) is 37.3 Å². The Kier molecular flexibility index (Phi) is 8.77. The molecule has 0 aliphatic carbocycles. The molecule has 0 aliphatic heterocycles. The van der Waals surface area contributed by atoms with Gasteiger partial charge in [0.1, 0.15) is 28.8 Å². The van der Waals surface area contributed by atoms with Gasteiger partial charge < -0.3 is 19.3 Å². The summed E-state index contributed by atoms with van der Waals surface area (Å²) >= 11 is 6.29. The Hall–Kier alpha value is -3.25. The molecule has 7 heteroatoms. The van der Waals surface area contributed by atoms with E-state index in [1.165, 1.54) is 12.1 Å². The second-order valence-electron chi connectivity index (χ2n) is 8.24. The summed E-state index contributed by atoms with van der Waals surface area (Å²) in [6, 6.07) is 18.3. The first-order chi connectivity index (χ1) is 16.3. The summed E-state index contributed by atoms with van der Waals surface area (Å²) < 4.78 is 30.1. The summed E-state index contributed by atoms with van der Waals surface area (Å²) in [7, 11) is 0. The van der Waals surface area contributed by atoms with Gasteiger partial charge in [0.15, 0.2) is 0 Å². The van der Waals surface area contributed by atoms with E-state index >= 15 is 0 Å². The van der Waals surface area contributed by atoms with Crippen molar-refractivity contribution in [1.29, 1.82) is 0 Å². The van der Waals surface area contributed by atoms with Crippen molar-refractivity contribution < 1.29 is 28.5 Å². The number of hydrogen-bond donors (Lipinski definition) is 1. The number of ether oxygens (including phenoxy) is 3. The highest BCUT2D eigenvalue weighted by atomic mass is 35.5. The number of aliphatic carboxylic acids is 1. The Bertz CT molecular complexity index is 1090. The van der Waals surface area contributed by atoms with Crippen molar-refractivity contribution in [3.8, 4) is 23.0 Å². The largest absolute Gasteiger partial charge is 0.493 e. The van der Waals surface area contributed by atoms with Crippen molar-refractivity contribution in [1.82, 2.24) is 0 Å². The second kappa shape index (κ2) is 11.7. The van der Waals surface area contributed by atoms with Gasteiger partial charge in [-0.2, -0.15) is 0 Å². The zero-order valence-corrected chi connectivity index (χ0v) is 20.0. The van der Waals surface area contributed by atoms with E-state index in [1.807, 2.05) is 31.2 Å². The van der Waals surface area contributed by atoms with Crippen LogP contribution in [0.3, 0.4) is 0 Å². The van der Waals surface area contributed by atoms with Gasteiger partial charge in [-0.1, -0.05) is 30.7 Å². The van der Waals surface area contributed by atoms with Gasteiger partial charge in [-0.3, -0.25) is 4.79 Å². The number of carboxylic acid groups (broad SMARTS) is 1. The lowest BCUT2D eigenvalue weighted by atomic mass is 9.81. The summed E-state index contributed by atoms with van der Waals surface area (Å²) in [6.07, 6.45) is 1.69. The first-order valence-electron chi connectivity index (χ1n) is 11.1. The van der Waals surface area contributed by atoms with Gasteiger partial charge in [0.2, 0.25) is 0 Å². The average molecular weight is 487 g/mol. The molecule has 0 unspecified atom stereocenters. The second-order valence-corrected chi connectivity index (χ2v) is 8.65. The fourth-order valence-electron chi connectivity index (χ4n) is 3.24. The molecule has 3 rings (SSSR count). The van der Waals surface area contributed by atoms with Crippen LogP contribution in [0.25, 0.3) is 0 Å². The van der Waals surface area contributed by atoms with Crippen LogP contribution in [-0.4, -0.2) is 24.3 Å². The molecule has 0 saturated heterocycles. The molecule has 1 atom stereocenters. The minimum atomic E-state index is -0.787. The van der Waals surface area contributed by atoms with Crippen molar-refractivity contribution in [3.63, 3.8) is 0 Å². The van der Waals surface area contributed by atoms with E-state index in [2.05, 4.69) is 0 Å². The Morgan fingerprint density at radius 1 is 0.941 bits per heavy atom. The molecular weight excluding hydrogens is 459 g/mol. The van der Waals surface area contributed by atoms with E-state index in [0.29, 0.717) is 54.7 Å². The highest BCUT2D eigenvalue weighted by Crippen LogP contribution is 2.31. The Morgan fingerprint density at radius 2 is 1.56 bits per heavy atom. The average Bonchev–Trinajstić information content (AvgIpc) is 2.82. The smallest absolute Gasteiger partial charge is 0.309 e. The van der Waals surface area contributed by atoms with Gasteiger partial charge in [-0.15, -0.1) is 0 Å². The van der Waals surface area contributed by atoms with Gasteiger partial charge in [0.05, 0.1) is 23.7 Å². The summed E-state index contributed by atoms with van der Waals surface area (Å²) in [6.45, 7) is 4.53. The minimum Gasteiger partial charge on any atom is -0.493 e. The topological polar surface area (TPSA) is 65.0 Å². The van der Waals surface area contributed by atoms with Crippen LogP contribution in [-0.2, 0) is 11.2 Å². The van der Waals surface area contributed by atoms with Crippen LogP contribution in [0.4, 0.5) is 4.39 Å². The minimum absolute atomic E-state index is 0.328. The van der Waals surface area contributed by atoms with Crippen LogP contribution in [0.1, 0.15) is 32.3 Å². The van der Waals surface area contributed by atoms with Crippen molar-refractivity contribution in [2.75, 3.05) is 13.2 Å². The predicted molar refractivity (Wildman–Crippen MR) is 130 cm³/mol. The third-order valence-corrected chi connectivity index (χ3v) is 5.88. The van der Waals surface area contributed by atoms with Crippen LogP contribution in [0.15, 0.2) is 66.7 Å². The third kappa shape index (κ3) is 7.12. The molecule has 3 aromatic rings. The maximum absolute atomic E-state index is 13.0. The highest BCUT2D eigenvalue weighted by molar-refractivity contribution is 6.32. The standard InChI is InChI=1S/C27H28ClFO5/c1-3-27(2,26(30)31)18-19-5-9-21(10-6-19)32-15-4-16-33-25-14-13-23(17-24(25)28)34-22-11-7-20(29)8-12-22/h5-14,17H,3-4,15-16,18H2,1-2H3,(H,30,31)/t27-/m0/s1. The van der Waals surface area contributed by atoms with Gasteiger partial charge in [0.25, 0.3) is 0 Å². The van der Waals surface area contributed by atoms with E-state index < -0.39 is 11.4 Å². The van der Waals surface area contributed by atoms with Crippen molar-refractivity contribution in [3.05, 3.63) is 83.1 Å². The molecular formula is C27H28ClFO5. The molecule has 0 aliphatic rings. The fourth-order valence-corrected chi connectivity index (χ4v) is 3.46. The molecule has 0 fully saturated rings. The van der Waals surface area contributed by atoms with E-state index in [9.17, 15) is 14.3 Å². The van der Waals surface area contributed by atoms with E-state index in [0.717, 1.165) is 11.3 Å². The molecule has 1 N–H and O–H groups in total. The third-order valence-electron chi connectivity index (χ3n) is 5.58. The molecule has 0 heterocycles. The Balaban J connectivity index is 1.41. The van der Waals surface area contributed by atoms with Crippen molar-refractivity contribution in [2.45, 2.75) is 33.1 Å². The zero-order chi connectivity index (χ0) is 24.6. The molecule has 0 aromatic heterocycles. The van der Waals surface area contributed by atoms with Crippen molar-refractivity contribution >= 4 is 17.6 Å². The highest BCUT2D eigenvalue weighted by Gasteiger charge is 2.31. The molecule has 0 amide bonds. The van der Waals surface area contributed by atoms with Crippen LogP contribution >= 0.6 is 11.6 Å². The number of carbonyl (C=O) groups is 1. The molecule has 5 nitrogen and oxygen atoms in total. The maximum atomic E-state index is 13.0. The van der Waals surface area contributed by atoms with Crippen LogP contribution in [0.2, 0.25) is 5.02 Å². The van der Waals surface area contributed by atoms with Gasteiger partial charge in [0, 0.05) is 12.5 Å². The molecule has 34 heavy (non-hydrogen) atoms. The summed E-state index contributed by atoms with van der Waals surface area (Å²) in [5.74, 6) is 1.18. The van der Waals surface area contributed by atoms with E-state index in [4.69, 9.17) is 25.8 Å². The summed E-state index contributed by atoms with van der Waals surface area (Å²) in [5.41, 5.74) is 0.190. The molecule has 0 radical (unpaired) electrons. The lowest BCUT2D eigenvalue weighted by molar-refractivity contribution is -0.148. The maximum Gasteiger partial charge on any atom is 0.309 e. The monoisotopic (exact) mass is 486 g/mol. The first-order valence-corrected chi connectivity index (χ1v) is 11.5. The Morgan fingerprint density at radius 3 is 2.18 bits per heavy atom. The van der Waals surface area contributed by atoms with Crippen LogP contribution < -0.4 is 14.2 Å². The normalized spacial score (nSPS) is 12.6. The Labute approximate surface area is 204 Å². The molecule has 0 bridgehead atoms. The van der Waals surface area contributed by atoms with Crippen molar-refractivity contribution in [2.24, 2.45) is 5.41 Å². The summed E-state index contributed by atoms with van der Waals surface area (Å²) in [5, 5.41) is 9.85. The van der Waals surface area contributed by atoms with Gasteiger partial charge in [-0.25, -0.2) is 4.39 Å². The number of carboxylic acids is 1. The molecule has 0 spiro atoms. The zero-order valence-electron chi connectivity index (χ0n) is 19.2. The lowest BCUT2D eigenvalue weighted by Crippen LogP contribution is -2.29. The number of rotatable bonds is 12. The SMILES string of the molecule is CC[C@@](C)(Cc1ccc(OCCCOc2ccc(Oc3ccc(F)cc3)cc2Cl)cc1)C(=O)O. The van der Waals surface area contributed by atoms with E-state index in [-0.39, 0.29) is 5.82 Å². The predicted octanol–water partition coefficient (Wildman–Crippen LogP) is 7.16. The fraction of sp³-hybridized carbons (Fsp3) is 0.296. The molecule has 3 aromatic carbocycles. The lowest BCUT2D eigenvalue weighted by Gasteiger charge is -2.23. The van der Waals surface area contributed by atoms with Gasteiger partial charge in [-0.05, 0) is 73.9 Å². The van der Waals surface area contributed by atoms with Gasteiger partial charge >= 0.3 is 5.97 Å². The summed E-state index contributed by atoms with van der Waals surface area (Å²) in [4.78, 5) is 11.5. The molecule has 0 saturated carbocycles. The van der Waals surface area contributed by atoms with Crippen LogP contribution in [0, 0.1) is 11.2 Å². The first kappa shape index (κ1) is 25.4. The van der Waals surface area contributed by atoms with Crippen LogP contribution in [0.5, 0.6) is 23.0 Å².